The zero-order chi connectivity index (χ0) is 21.2. The maximum atomic E-state index is 6.76. The van der Waals surface area contributed by atoms with Crippen LogP contribution in [-0.2, 0) is 8.85 Å². The Morgan fingerprint density at radius 1 is 0.462 bits per heavy atom. The predicted molar refractivity (Wildman–Crippen MR) is 123 cm³/mol. The molecule has 0 saturated carbocycles. The summed E-state index contributed by atoms with van der Waals surface area (Å²) in [6.45, 7) is 34.8. The number of rotatable bonds is 7. The monoisotopic (exact) mass is 402 g/mol. The van der Waals surface area contributed by atoms with Crippen molar-refractivity contribution in [1.82, 2.24) is 0 Å². The van der Waals surface area contributed by atoms with Crippen LogP contribution >= 0.6 is 0 Å². The van der Waals surface area contributed by atoms with Crippen LogP contribution in [0.3, 0.4) is 0 Å². The molecule has 0 aliphatic heterocycles. The lowest BCUT2D eigenvalue weighted by Crippen LogP contribution is -2.59. The van der Waals surface area contributed by atoms with Crippen molar-refractivity contribution in [2.75, 3.05) is 13.2 Å². The van der Waals surface area contributed by atoms with Crippen molar-refractivity contribution < 1.29 is 8.85 Å². The lowest BCUT2D eigenvalue weighted by Gasteiger charge is -2.55. The summed E-state index contributed by atoms with van der Waals surface area (Å²) in [5, 5.41) is 0.791. The van der Waals surface area contributed by atoms with Gasteiger partial charge in [0.05, 0.1) is 0 Å². The molecule has 158 valence electrons. The number of hydrogen-bond donors (Lipinski definition) is 0. The Morgan fingerprint density at radius 2 is 0.654 bits per heavy atom. The maximum Gasteiger partial charge on any atom is 0.203 e. The summed E-state index contributed by atoms with van der Waals surface area (Å²) in [4.78, 5) is 0. The highest BCUT2D eigenvalue weighted by atomic mass is 28.4. The Hall–Kier alpha value is 0.354. The first kappa shape index (κ1) is 26.4. The van der Waals surface area contributed by atoms with E-state index in [2.05, 4.69) is 96.9 Å². The van der Waals surface area contributed by atoms with Gasteiger partial charge in [-0.1, -0.05) is 83.1 Å². The van der Waals surface area contributed by atoms with Crippen molar-refractivity contribution in [2.45, 2.75) is 129 Å². The minimum absolute atomic E-state index is 0.198. The molecular formula is C22H50O2Si2. The van der Waals surface area contributed by atoms with E-state index in [1.54, 1.807) is 0 Å². The fourth-order valence-corrected chi connectivity index (χ4v) is 18.9. The summed E-state index contributed by atoms with van der Waals surface area (Å²) in [6, 6.07) is 2.38. The van der Waals surface area contributed by atoms with Gasteiger partial charge in [-0.05, 0) is 46.1 Å². The smallest absolute Gasteiger partial charge is 0.203 e. The Morgan fingerprint density at radius 3 is 0.769 bits per heavy atom. The molecule has 0 aromatic carbocycles. The zero-order valence-electron chi connectivity index (χ0n) is 20.6. The highest BCUT2D eigenvalue weighted by Crippen LogP contribution is 2.59. The summed E-state index contributed by atoms with van der Waals surface area (Å²) >= 11 is 0. The largest absolute Gasteiger partial charge is 0.416 e. The molecular weight excluding hydrogens is 352 g/mol. The summed E-state index contributed by atoms with van der Waals surface area (Å²) in [7, 11) is -4.08. The molecule has 0 atom stereocenters. The van der Waals surface area contributed by atoms with Gasteiger partial charge in [-0.2, -0.15) is 0 Å². The van der Waals surface area contributed by atoms with E-state index in [4.69, 9.17) is 8.85 Å². The van der Waals surface area contributed by atoms with Crippen LogP contribution in [0.5, 0.6) is 0 Å². The zero-order valence-corrected chi connectivity index (χ0v) is 22.6. The summed E-state index contributed by atoms with van der Waals surface area (Å²) in [5.41, 5.74) is 0. The predicted octanol–water partition coefficient (Wildman–Crippen LogP) is 8.15. The Balaban J connectivity index is 6.28. The lowest BCUT2D eigenvalue weighted by atomic mass is 10.2. The van der Waals surface area contributed by atoms with Gasteiger partial charge in [0.2, 0.25) is 16.6 Å². The van der Waals surface area contributed by atoms with Gasteiger partial charge in [0, 0.05) is 13.2 Å². The highest BCUT2D eigenvalue weighted by Gasteiger charge is 2.60. The molecule has 0 spiro atoms. The highest BCUT2D eigenvalue weighted by molar-refractivity contribution is 6.84. The first-order valence-electron chi connectivity index (χ1n) is 10.6. The van der Waals surface area contributed by atoms with Crippen LogP contribution in [-0.4, -0.2) is 29.8 Å². The van der Waals surface area contributed by atoms with Crippen LogP contribution in [0.1, 0.15) is 96.9 Å². The van der Waals surface area contributed by atoms with E-state index in [1.165, 1.54) is 12.1 Å². The lowest BCUT2D eigenvalue weighted by molar-refractivity contribution is 0.261. The molecule has 0 aromatic heterocycles. The molecule has 0 aliphatic carbocycles. The van der Waals surface area contributed by atoms with E-state index in [0.717, 1.165) is 13.2 Å². The van der Waals surface area contributed by atoms with E-state index >= 15 is 0 Å². The van der Waals surface area contributed by atoms with Gasteiger partial charge in [-0.25, -0.2) is 0 Å². The molecule has 26 heavy (non-hydrogen) atoms. The molecule has 0 amide bonds. The Bertz CT molecular complexity index is 361. The molecule has 0 aliphatic rings. The van der Waals surface area contributed by atoms with Crippen molar-refractivity contribution in [1.29, 1.82) is 0 Å². The third-order valence-corrected chi connectivity index (χ3v) is 20.1. The van der Waals surface area contributed by atoms with Crippen LogP contribution in [0.4, 0.5) is 0 Å². The van der Waals surface area contributed by atoms with Crippen molar-refractivity contribution in [3.05, 3.63) is 0 Å². The first-order chi connectivity index (χ1) is 11.3. The van der Waals surface area contributed by atoms with E-state index in [-0.39, 0.29) is 20.2 Å². The SMILES string of the molecule is CCO[Si](CC[Si](OCC)(C(C)(C)C)C(C)(C)C)(C(C)(C)C)C(C)(C)C. The third kappa shape index (κ3) is 5.04. The molecule has 0 N–H and O–H groups in total. The molecule has 0 heterocycles. The minimum atomic E-state index is -2.04. The van der Waals surface area contributed by atoms with Crippen LogP contribution in [0.15, 0.2) is 0 Å². The number of hydrogen-bond acceptors (Lipinski definition) is 2. The summed E-state index contributed by atoms with van der Waals surface area (Å²) < 4.78 is 13.5. The normalized spacial score (nSPS) is 15.5. The molecule has 2 nitrogen and oxygen atoms in total. The van der Waals surface area contributed by atoms with Gasteiger partial charge in [-0.3, -0.25) is 0 Å². The second kappa shape index (κ2) is 8.38. The molecule has 0 fully saturated rings. The second-order valence-corrected chi connectivity index (χ2v) is 22.9. The van der Waals surface area contributed by atoms with Gasteiger partial charge in [0.1, 0.15) is 0 Å². The fraction of sp³-hybridized carbons (Fsp3) is 1.00. The van der Waals surface area contributed by atoms with Gasteiger partial charge < -0.3 is 8.85 Å². The Kier molecular flexibility index (Phi) is 8.50. The molecule has 4 heteroatoms. The fourth-order valence-electron chi connectivity index (χ4n) is 5.61. The van der Waals surface area contributed by atoms with Crippen LogP contribution in [0.25, 0.3) is 0 Å². The molecule has 0 radical (unpaired) electrons. The topological polar surface area (TPSA) is 18.5 Å². The average Bonchev–Trinajstić information content (AvgIpc) is 2.36. The quantitative estimate of drug-likeness (QED) is 0.400. The van der Waals surface area contributed by atoms with E-state index in [9.17, 15) is 0 Å². The average molecular weight is 403 g/mol. The van der Waals surface area contributed by atoms with Gasteiger partial charge in [0.15, 0.2) is 0 Å². The standard InChI is InChI=1S/C22H50O2Si2/c1-15-23-25(19(3,4)5,20(6,7)8)17-18-26(24-16-2,21(9,10)11)22(12,13)14/h15-18H2,1-14H3. The van der Waals surface area contributed by atoms with Crippen molar-refractivity contribution in [3.8, 4) is 0 Å². The molecule has 0 unspecified atom stereocenters. The van der Waals surface area contributed by atoms with Crippen molar-refractivity contribution in [3.63, 3.8) is 0 Å². The van der Waals surface area contributed by atoms with Gasteiger partial charge in [0.25, 0.3) is 0 Å². The van der Waals surface area contributed by atoms with E-state index in [1.807, 2.05) is 0 Å². The maximum absolute atomic E-state index is 6.76. The molecule has 0 bridgehead atoms. The second-order valence-electron chi connectivity index (χ2n) is 12.0. The summed E-state index contributed by atoms with van der Waals surface area (Å²) in [6.07, 6.45) is 0. The molecule has 0 aromatic rings. The third-order valence-electron chi connectivity index (χ3n) is 6.46. The van der Waals surface area contributed by atoms with Gasteiger partial charge in [-0.15, -0.1) is 0 Å². The molecule has 0 rings (SSSR count). The molecule has 0 saturated heterocycles. The minimum Gasteiger partial charge on any atom is -0.416 e. The van der Waals surface area contributed by atoms with Crippen LogP contribution in [0, 0.1) is 0 Å². The van der Waals surface area contributed by atoms with Gasteiger partial charge >= 0.3 is 0 Å². The van der Waals surface area contributed by atoms with Crippen LogP contribution in [0.2, 0.25) is 32.2 Å². The Labute approximate surface area is 168 Å². The van der Waals surface area contributed by atoms with E-state index in [0.29, 0.717) is 0 Å². The first-order valence-corrected chi connectivity index (χ1v) is 14.8. The van der Waals surface area contributed by atoms with Crippen molar-refractivity contribution in [2.24, 2.45) is 0 Å². The van der Waals surface area contributed by atoms with Crippen molar-refractivity contribution >= 4 is 16.6 Å². The van der Waals surface area contributed by atoms with Crippen LogP contribution < -0.4 is 0 Å². The summed E-state index contributed by atoms with van der Waals surface area (Å²) in [5.74, 6) is 0. The van der Waals surface area contributed by atoms with E-state index < -0.39 is 16.6 Å².